The Kier molecular flexibility index (Phi) is 4.67. The second-order valence-electron chi connectivity index (χ2n) is 8.19. The van der Waals surface area contributed by atoms with Crippen LogP contribution in [0.5, 0.6) is 0 Å². The van der Waals surface area contributed by atoms with Crippen LogP contribution in [0.15, 0.2) is 78.7 Å². The highest BCUT2D eigenvalue weighted by atomic mass is 32.1. The third-order valence-corrected chi connectivity index (χ3v) is 7.51. The van der Waals surface area contributed by atoms with Crippen LogP contribution in [-0.4, -0.2) is 23.1 Å². The number of nitrogens with zero attached hydrogens (tertiary/aromatic N) is 1. The molecule has 1 aliphatic heterocycles. The van der Waals surface area contributed by atoms with Crippen molar-refractivity contribution in [2.75, 3.05) is 6.54 Å². The largest absolute Gasteiger partial charge is 0.337 e. The Morgan fingerprint density at radius 3 is 2.53 bits per heavy atom. The highest BCUT2D eigenvalue weighted by molar-refractivity contribution is 7.11. The summed E-state index contributed by atoms with van der Waals surface area (Å²) in [5, 5.41) is 2.02. The summed E-state index contributed by atoms with van der Waals surface area (Å²) in [6.07, 6.45) is 1.20. The minimum atomic E-state index is -1.09. The highest BCUT2D eigenvalue weighted by Gasteiger charge is 2.60. The summed E-state index contributed by atoms with van der Waals surface area (Å²) in [4.78, 5) is 30.7. The first kappa shape index (κ1) is 19.0. The van der Waals surface area contributed by atoms with Crippen molar-refractivity contribution < 1.29 is 9.59 Å². The molecular formula is C26H23NO2S. The molecule has 1 aromatic heterocycles. The van der Waals surface area contributed by atoms with E-state index in [0.717, 1.165) is 28.0 Å². The average molecular weight is 414 g/mol. The van der Waals surface area contributed by atoms with E-state index in [9.17, 15) is 9.59 Å². The first-order valence-electron chi connectivity index (χ1n) is 10.3. The molecule has 1 saturated heterocycles. The quantitative estimate of drug-likeness (QED) is 0.549. The van der Waals surface area contributed by atoms with E-state index < -0.39 is 5.41 Å². The fourth-order valence-corrected chi connectivity index (χ4v) is 5.85. The van der Waals surface area contributed by atoms with Crippen LogP contribution >= 0.6 is 11.3 Å². The number of amides is 1. The van der Waals surface area contributed by atoms with Crippen molar-refractivity contribution >= 4 is 28.6 Å². The standard InChI is InChI=1S/C26H23NO2S/c1-18(23-12-7-15-30-23)22-13-14-27(17-19-8-3-2-4-9-19)25(29)26(22)16-20-10-5-6-11-21(20)24(26)28/h2-12,15,22H,1,13-14,16-17H2/t22-,26+/m0/s1. The van der Waals surface area contributed by atoms with Gasteiger partial charge in [0, 0.05) is 29.4 Å². The molecule has 150 valence electrons. The number of carbonyl (C=O) groups is 2. The number of thiophene rings is 1. The summed E-state index contributed by atoms with van der Waals surface area (Å²) < 4.78 is 0. The van der Waals surface area contributed by atoms with E-state index in [0.29, 0.717) is 25.1 Å². The lowest BCUT2D eigenvalue weighted by Crippen LogP contribution is -2.56. The minimum absolute atomic E-state index is 0.0384. The summed E-state index contributed by atoms with van der Waals surface area (Å²) in [5.74, 6) is -0.277. The Balaban J connectivity index is 1.56. The number of piperidine rings is 1. The maximum absolute atomic E-state index is 14.0. The van der Waals surface area contributed by atoms with Crippen molar-refractivity contribution in [3.8, 4) is 0 Å². The van der Waals surface area contributed by atoms with Gasteiger partial charge in [-0.05, 0) is 41.0 Å². The molecule has 5 rings (SSSR count). The van der Waals surface area contributed by atoms with Crippen LogP contribution in [0.4, 0.5) is 0 Å². The average Bonchev–Trinajstić information content (AvgIpc) is 3.40. The molecule has 2 aliphatic rings. The van der Waals surface area contributed by atoms with Crippen LogP contribution in [0.3, 0.4) is 0 Å². The van der Waals surface area contributed by atoms with Gasteiger partial charge in [-0.1, -0.05) is 67.2 Å². The van der Waals surface area contributed by atoms with Crippen LogP contribution < -0.4 is 0 Å². The zero-order valence-corrected chi connectivity index (χ0v) is 17.5. The van der Waals surface area contributed by atoms with Crippen molar-refractivity contribution in [3.05, 3.63) is 100 Å². The van der Waals surface area contributed by atoms with Gasteiger partial charge in [-0.25, -0.2) is 0 Å². The topological polar surface area (TPSA) is 37.4 Å². The lowest BCUT2D eigenvalue weighted by Gasteiger charge is -2.45. The molecule has 3 aromatic rings. The Bertz CT molecular complexity index is 1120. The van der Waals surface area contributed by atoms with E-state index in [4.69, 9.17) is 0 Å². The van der Waals surface area contributed by atoms with Crippen LogP contribution in [0.2, 0.25) is 0 Å². The Morgan fingerprint density at radius 1 is 1.03 bits per heavy atom. The molecule has 1 spiro atoms. The predicted molar refractivity (Wildman–Crippen MR) is 120 cm³/mol. The SMILES string of the molecule is C=C(c1cccs1)[C@@H]1CCN(Cc2ccccc2)C(=O)[C@]12Cc1ccccc1C2=O. The summed E-state index contributed by atoms with van der Waals surface area (Å²) in [5.41, 5.74) is 2.58. The monoisotopic (exact) mass is 413 g/mol. The molecule has 1 amide bonds. The second-order valence-corrected chi connectivity index (χ2v) is 9.14. The van der Waals surface area contributed by atoms with Crippen molar-refractivity contribution in [3.63, 3.8) is 0 Å². The Labute approximate surface area is 180 Å². The number of ketones is 1. The Hall–Kier alpha value is -2.98. The number of Topliss-reactive ketones (excluding diaryl/α,β-unsaturated/α-hetero) is 1. The first-order chi connectivity index (χ1) is 14.6. The molecule has 0 unspecified atom stereocenters. The van der Waals surface area contributed by atoms with Gasteiger partial charge >= 0.3 is 0 Å². The molecule has 4 heteroatoms. The van der Waals surface area contributed by atoms with Gasteiger partial charge in [0.05, 0.1) is 0 Å². The molecule has 3 nitrogen and oxygen atoms in total. The van der Waals surface area contributed by atoms with Gasteiger partial charge in [-0.3, -0.25) is 9.59 Å². The molecule has 2 heterocycles. The number of allylic oxidation sites excluding steroid dienone is 1. The van der Waals surface area contributed by atoms with E-state index in [-0.39, 0.29) is 17.6 Å². The van der Waals surface area contributed by atoms with Crippen LogP contribution in [-0.2, 0) is 17.8 Å². The van der Waals surface area contributed by atoms with Crippen molar-refractivity contribution in [1.29, 1.82) is 0 Å². The molecule has 0 N–H and O–H groups in total. The van der Waals surface area contributed by atoms with E-state index in [1.54, 1.807) is 11.3 Å². The second kappa shape index (κ2) is 7.37. The van der Waals surface area contributed by atoms with Gasteiger partial charge in [0.1, 0.15) is 5.41 Å². The van der Waals surface area contributed by atoms with Gasteiger partial charge in [-0.2, -0.15) is 0 Å². The number of rotatable bonds is 4. The molecule has 2 atom stereocenters. The number of benzene rings is 2. The Morgan fingerprint density at radius 2 is 1.80 bits per heavy atom. The predicted octanol–water partition coefficient (Wildman–Crippen LogP) is 5.24. The third-order valence-electron chi connectivity index (χ3n) is 6.56. The van der Waals surface area contributed by atoms with E-state index in [1.165, 1.54) is 0 Å². The number of hydrogen-bond donors (Lipinski definition) is 0. The minimum Gasteiger partial charge on any atom is -0.337 e. The number of hydrogen-bond acceptors (Lipinski definition) is 3. The number of fused-ring (bicyclic) bond motifs is 1. The van der Waals surface area contributed by atoms with Crippen molar-refractivity contribution in [2.24, 2.45) is 11.3 Å². The lowest BCUT2D eigenvalue weighted by molar-refractivity contribution is -0.145. The first-order valence-corrected chi connectivity index (χ1v) is 11.2. The molecule has 2 aromatic carbocycles. The third kappa shape index (κ3) is 2.86. The number of likely N-dealkylation sites (tertiary alicyclic amines) is 1. The molecule has 0 bridgehead atoms. The van der Waals surface area contributed by atoms with Gasteiger partial charge in [0.25, 0.3) is 0 Å². The maximum Gasteiger partial charge on any atom is 0.237 e. The molecular weight excluding hydrogens is 390 g/mol. The summed E-state index contributed by atoms with van der Waals surface area (Å²) in [7, 11) is 0. The van der Waals surface area contributed by atoms with Gasteiger partial charge < -0.3 is 4.90 Å². The smallest absolute Gasteiger partial charge is 0.237 e. The molecule has 0 radical (unpaired) electrons. The highest BCUT2D eigenvalue weighted by Crippen LogP contribution is 2.52. The number of carbonyl (C=O) groups excluding carboxylic acids is 2. The van der Waals surface area contributed by atoms with Gasteiger partial charge in [-0.15, -0.1) is 11.3 Å². The molecule has 30 heavy (non-hydrogen) atoms. The van der Waals surface area contributed by atoms with E-state index in [2.05, 4.69) is 6.58 Å². The van der Waals surface area contributed by atoms with Crippen LogP contribution in [0, 0.1) is 11.3 Å². The van der Waals surface area contributed by atoms with Crippen molar-refractivity contribution in [2.45, 2.75) is 19.4 Å². The molecule has 1 fully saturated rings. The van der Waals surface area contributed by atoms with Crippen LogP contribution in [0.1, 0.15) is 32.8 Å². The molecule has 0 saturated carbocycles. The normalized spacial score (nSPS) is 23.1. The summed E-state index contributed by atoms with van der Waals surface area (Å²) in [6.45, 7) is 5.53. The lowest BCUT2D eigenvalue weighted by atomic mass is 9.64. The van der Waals surface area contributed by atoms with E-state index in [1.807, 2.05) is 77.0 Å². The zero-order chi connectivity index (χ0) is 20.7. The van der Waals surface area contributed by atoms with Crippen molar-refractivity contribution in [1.82, 2.24) is 4.90 Å². The van der Waals surface area contributed by atoms with Gasteiger partial charge in [0.15, 0.2) is 5.78 Å². The van der Waals surface area contributed by atoms with Gasteiger partial charge in [0.2, 0.25) is 5.91 Å². The van der Waals surface area contributed by atoms with Crippen LogP contribution in [0.25, 0.3) is 5.57 Å². The fraction of sp³-hybridized carbons (Fsp3) is 0.231. The summed E-state index contributed by atoms with van der Waals surface area (Å²) in [6, 6.07) is 21.7. The maximum atomic E-state index is 14.0. The zero-order valence-electron chi connectivity index (χ0n) is 16.7. The summed E-state index contributed by atoms with van der Waals surface area (Å²) >= 11 is 1.62. The van der Waals surface area contributed by atoms with E-state index >= 15 is 0 Å². The molecule has 1 aliphatic carbocycles. The fourth-order valence-electron chi connectivity index (χ4n) is 5.09.